The second-order valence-electron chi connectivity index (χ2n) is 10.3. The Balaban J connectivity index is 1.33. The molecule has 2 fully saturated rings. The first-order chi connectivity index (χ1) is 18.5. The normalized spacial score (nSPS) is 19.0. The molecule has 0 radical (unpaired) electrons. The molecule has 38 heavy (non-hydrogen) atoms. The van der Waals surface area contributed by atoms with Crippen LogP contribution in [0.4, 0.5) is 17.1 Å². The standard InChI is InChI=1S/C30H32N4O3S/c35-30-28(26-19-24(13-16-27(26)32-30)33-38(36,37)25-14-15-25)29(22-7-3-1-4-8-22)31-23-11-9-21(10-12-23)20-34-17-5-2-6-18-34/h1,3-4,7-13,16,19,25,31,33H,2,5-6,14-15,17-18,20H2,(H,32,35)/b29-28-. The largest absolute Gasteiger partial charge is 0.354 e. The molecule has 6 rings (SSSR count). The topological polar surface area (TPSA) is 90.5 Å². The fourth-order valence-electron chi connectivity index (χ4n) is 5.20. The molecule has 3 aromatic carbocycles. The molecule has 1 amide bonds. The Bertz CT molecular complexity index is 1470. The van der Waals surface area contributed by atoms with E-state index in [1.54, 1.807) is 18.2 Å². The number of amides is 1. The molecule has 3 aromatic rings. The van der Waals surface area contributed by atoms with Crippen LogP contribution in [0, 0.1) is 0 Å². The molecule has 196 valence electrons. The van der Waals surface area contributed by atoms with Gasteiger partial charge in [-0.2, -0.15) is 0 Å². The van der Waals surface area contributed by atoms with E-state index in [4.69, 9.17) is 0 Å². The predicted molar refractivity (Wildman–Crippen MR) is 153 cm³/mol. The highest BCUT2D eigenvalue weighted by Crippen LogP contribution is 2.40. The molecular formula is C30H32N4O3S. The number of fused-ring (bicyclic) bond motifs is 1. The van der Waals surface area contributed by atoms with Crippen molar-refractivity contribution in [1.29, 1.82) is 0 Å². The van der Waals surface area contributed by atoms with Crippen LogP contribution < -0.4 is 15.4 Å². The van der Waals surface area contributed by atoms with E-state index in [-0.39, 0.29) is 11.2 Å². The van der Waals surface area contributed by atoms with Crippen molar-refractivity contribution in [3.8, 4) is 0 Å². The van der Waals surface area contributed by atoms with Gasteiger partial charge in [-0.25, -0.2) is 8.42 Å². The van der Waals surface area contributed by atoms with Gasteiger partial charge in [-0.15, -0.1) is 0 Å². The van der Waals surface area contributed by atoms with Crippen molar-refractivity contribution in [2.45, 2.75) is 43.9 Å². The average Bonchev–Trinajstić information content (AvgIpc) is 3.74. The van der Waals surface area contributed by atoms with Gasteiger partial charge in [0.25, 0.3) is 5.91 Å². The molecule has 0 aromatic heterocycles. The summed E-state index contributed by atoms with van der Waals surface area (Å²) in [6, 6.07) is 23.3. The number of piperidine rings is 1. The molecule has 7 nitrogen and oxygen atoms in total. The Morgan fingerprint density at radius 1 is 0.895 bits per heavy atom. The molecule has 2 heterocycles. The fourth-order valence-corrected chi connectivity index (χ4v) is 6.58. The Hall–Kier alpha value is -3.62. The van der Waals surface area contributed by atoms with Gasteiger partial charge in [0.1, 0.15) is 0 Å². The van der Waals surface area contributed by atoms with E-state index >= 15 is 0 Å². The van der Waals surface area contributed by atoms with Gasteiger partial charge in [-0.3, -0.25) is 14.4 Å². The Morgan fingerprint density at radius 3 is 2.32 bits per heavy atom. The van der Waals surface area contributed by atoms with Crippen LogP contribution in [0.15, 0.2) is 72.8 Å². The van der Waals surface area contributed by atoms with Crippen LogP contribution >= 0.6 is 0 Å². The van der Waals surface area contributed by atoms with E-state index in [0.29, 0.717) is 41.1 Å². The minimum Gasteiger partial charge on any atom is -0.354 e. The molecule has 8 heteroatoms. The van der Waals surface area contributed by atoms with Crippen molar-refractivity contribution in [3.05, 3.63) is 89.5 Å². The minimum atomic E-state index is -3.41. The van der Waals surface area contributed by atoms with Gasteiger partial charge in [-0.1, -0.05) is 48.9 Å². The number of nitrogens with zero attached hydrogens (tertiary/aromatic N) is 1. The van der Waals surface area contributed by atoms with Gasteiger partial charge >= 0.3 is 0 Å². The summed E-state index contributed by atoms with van der Waals surface area (Å²) in [5.74, 6) is -0.227. The van der Waals surface area contributed by atoms with Gasteiger partial charge in [-0.05, 0) is 80.2 Å². The third-order valence-electron chi connectivity index (χ3n) is 7.38. The average molecular weight is 529 g/mol. The molecule has 2 aliphatic heterocycles. The van der Waals surface area contributed by atoms with Crippen LogP contribution in [0.3, 0.4) is 0 Å². The number of sulfonamides is 1. The molecule has 1 aliphatic carbocycles. The maximum Gasteiger partial charge on any atom is 0.258 e. The molecule has 0 spiro atoms. The second-order valence-corrected chi connectivity index (χ2v) is 12.3. The maximum atomic E-state index is 13.3. The lowest BCUT2D eigenvalue weighted by molar-refractivity contribution is -0.110. The Kier molecular flexibility index (Phi) is 6.68. The van der Waals surface area contributed by atoms with E-state index in [1.807, 2.05) is 30.3 Å². The van der Waals surface area contributed by atoms with Crippen LogP contribution in [-0.4, -0.2) is 37.6 Å². The molecule has 1 saturated heterocycles. The molecule has 0 atom stereocenters. The summed E-state index contributed by atoms with van der Waals surface area (Å²) >= 11 is 0. The summed E-state index contributed by atoms with van der Waals surface area (Å²) in [5.41, 5.74) is 5.95. The third-order valence-corrected chi connectivity index (χ3v) is 9.25. The van der Waals surface area contributed by atoms with Crippen molar-refractivity contribution in [2.75, 3.05) is 28.4 Å². The van der Waals surface area contributed by atoms with E-state index in [2.05, 4.69) is 44.5 Å². The van der Waals surface area contributed by atoms with Gasteiger partial charge < -0.3 is 10.6 Å². The summed E-state index contributed by atoms with van der Waals surface area (Å²) < 4.78 is 27.8. The fraction of sp³-hybridized carbons (Fsp3) is 0.300. The first-order valence-electron chi connectivity index (χ1n) is 13.3. The number of anilines is 3. The summed E-state index contributed by atoms with van der Waals surface area (Å²) in [5, 5.41) is 6.12. The van der Waals surface area contributed by atoms with Crippen molar-refractivity contribution in [2.24, 2.45) is 0 Å². The van der Waals surface area contributed by atoms with E-state index in [0.717, 1.165) is 30.9 Å². The monoisotopic (exact) mass is 528 g/mol. The summed E-state index contributed by atoms with van der Waals surface area (Å²) in [6.45, 7) is 3.25. The van der Waals surface area contributed by atoms with Gasteiger partial charge in [0.15, 0.2) is 0 Å². The molecule has 3 aliphatic rings. The highest BCUT2D eigenvalue weighted by atomic mass is 32.2. The van der Waals surface area contributed by atoms with Crippen molar-refractivity contribution >= 4 is 44.3 Å². The Morgan fingerprint density at radius 2 is 1.61 bits per heavy atom. The second kappa shape index (κ2) is 10.3. The van der Waals surface area contributed by atoms with Crippen molar-refractivity contribution < 1.29 is 13.2 Å². The number of likely N-dealkylation sites (tertiary alicyclic amines) is 1. The lowest BCUT2D eigenvalue weighted by Gasteiger charge is -2.26. The van der Waals surface area contributed by atoms with Gasteiger partial charge in [0, 0.05) is 29.2 Å². The maximum absolute atomic E-state index is 13.3. The number of carbonyl (C=O) groups is 1. The van der Waals surface area contributed by atoms with Crippen LogP contribution in [0.2, 0.25) is 0 Å². The Labute approximate surface area is 224 Å². The molecule has 0 unspecified atom stereocenters. The number of hydrogen-bond donors (Lipinski definition) is 3. The van der Waals surface area contributed by atoms with E-state index < -0.39 is 10.0 Å². The molecule has 0 bridgehead atoms. The number of hydrogen-bond acceptors (Lipinski definition) is 5. The zero-order valence-corrected chi connectivity index (χ0v) is 22.1. The van der Waals surface area contributed by atoms with Crippen LogP contribution in [0.25, 0.3) is 11.3 Å². The highest BCUT2D eigenvalue weighted by Gasteiger charge is 2.36. The van der Waals surface area contributed by atoms with Gasteiger partial charge in [0.2, 0.25) is 10.0 Å². The quantitative estimate of drug-likeness (QED) is 0.336. The van der Waals surface area contributed by atoms with E-state index in [1.165, 1.54) is 24.8 Å². The molecular weight excluding hydrogens is 496 g/mol. The number of benzene rings is 3. The number of rotatable bonds is 8. The van der Waals surface area contributed by atoms with E-state index in [9.17, 15) is 13.2 Å². The number of nitrogens with one attached hydrogen (secondary N) is 3. The first kappa shape index (κ1) is 24.7. The van der Waals surface area contributed by atoms with Crippen LogP contribution in [0.5, 0.6) is 0 Å². The first-order valence-corrected chi connectivity index (χ1v) is 14.9. The lowest BCUT2D eigenvalue weighted by atomic mass is 9.99. The number of carbonyl (C=O) groups excluding carboxylic acids is 1. The minimum absolute atomic E-state index is 0.227. The van der Waals surface area contributed by atoms with Crippen molar-refractivity contribution in [3.63, 3.8) is 0 Å². The molecule has 1 saturated carbocycles. The SMILES string of the molecule is O=C1Nc2ccc(NS(=O)(=O)C3CC3)cc2/C1=C(/Nc1ccc(CN2CCCCC2)cc1)c1ccccc1. The van der Waals surface area contributed by atoms with Gasteiger partial charge in [0.05, 0.1) is 16.5 Å². The third kappa shape index (κ3) is 5.33. The smallest absolute Gasteiger partial charge is 0.258 e. The summed E-state index contributed by atoms with van der Waals surface area (Å²) in [4.78, 5) is 15.8. The zero-order valence-electron chi connectivity index (χ0n) is 21.2. The molecule has 3 N–H and O–H groups in total. The zero-order chi connectivity index (χ0) is 26.1. The van der Waals surface area contributed by atoms with Crippen LogP contribution in [0.1, 0.15) is 48.8 Å². The van der Waals surface area contributed by atoms with Crippen molar-refractivity contribution in [1.82, 2.24) is 4.90 Å². The summed E-state index contributed by atoms with van der Waals surface area (Å²) in [7, 11) is -3.41. The van der Waals surface area contributed by atoms with Crippen LogP contribution in [-0.2, 0) is 21.4 Å². The summed E-state index contributed by atoms with van der Waals surface area (Å²) in [6.07, 6.45) is 5.22. The highest BCUT2D eigenvalue weighted by molar-refractivity contribution is 7.93. The lowest BCUT2D eigenvalue weighted by Crippen LogP contribution is -2.29. The predicted octanol–water partition coefficient (Wildman–Crippen LogP) is 5.51.